The first-order chi connectivity index (χ1) is 5.70. The molecule has 0 heterocycles. The molecule has 2 nitrogen and oxygen atoms in total. The van der Waals surface area contributed by atoms with Crippen molar-refractivity contribution in [3.05, 3.63) is 41.0 Å². The Morgan fingerprint density at radius 2 is 2.50 bits per heavy atom. The molecule has 0 unspecified atom stereocenters. The minimum atomic E-state index is -0.385. The Hall–Kier alpha value is -1.71. The van der Waals surface area contributed by atoms with Crippen molar-refractivity contribution >= 4 is 5.97 Å². The topological polar surface area (TPSA) is 26.3 Å². The number of hydrogen-bond donors (Lipinski definition) is 0. The fourth-order valence-corrected chi connectivity index (χ4v) is 0.620. The fourth-order valence-electron chi connectivity index (χ4n) is 0.620. The number of ether oxygens (including phenoxy) is 1. The molecule has 60 valence electrons. The van der Waals surface area contributed by atoms with Crippen LogP contribution in [0.25, 0.3) is 0 Å². The van der Waals surface area contributed by atoms with E-state index < -0.39 is 0 Å². The van der Waals surface area contributed by atoms with Gasteiger partial charge >= 0.3 is 5.97 Å². The lowest BCUT2D eigenvalue weighted by Crippen LogP contribution is -2.06. The van der Waals surface area contributed by atoms with E-state index in [1.165, 1.54) is 0 Å². The Bertz CT molecular complexity index is 355. The zero-order chi connectivity index (χ0) is 8.97. The molecule has 0 N–H and O–H groups in total. The van der Waals surface area contributed by atoms with Gasteiger partial charge in [0.2, 0.25) is 0 Å². The lowest BCUT2D eigenvalue weighted by Gasteiger charge is -2.01. The minimum Gasteiger partial charge on any atom is -0.457 e. The van der Waals surface area contributed by atoms with E-state index in [-0.39, 0.29) is 12.6 Å². The van der Waals surface area contributed by atoms with Crippen LogP contribution in [0.3, 0.4) is 0 Å². The second kappa shape index (κ2) is 3.61. The maximum Gasteiger partial charge on any atom is 0.333 e. The summed E-state index contributed by atoms with van der Waals surface area (Å²) in [6, 6.07) is 0. The van der Waals surface area contributed by atoms with Gasteiger partial charge in [0.05, 0.1) is 0 Å². The largest absolute Gasteiger partial charge is 0.457 e. The molecule has 0 aromatic heterocycles. The average molecular weight is 160 g/mol. The van der Waals surface area contributed by atoms with Crippen LogP contribution in [0.1, 0.15) is 6.92 Å². The highest BCUT2D eigenvalue weighted by Gasteiger charge is 2.03. The van der Waals surface area contributed by atoms with Gasteiger partial charge in [0.25, 0.3) is 0 Å². The second-order valence-corrected chi connectivity index (χ2v) is 2.42. The van der Waals surface area contributed by atoms with E-state index in [9.17, 15) is 4.79 Å². The fraction of sp³-hybridized carbons (Fsp3) is 0.200. The number of esters is 1. The highest BCUT2D eigenvalue weighted by molar-refractivity contribution is 5.87. The van der Waals surface area contributed by atoms with E-state index in [0.29, 0.717) is 5.57 Å². The molecular formula is C10H8O2. The molecule has 0 bridgehead atoms. The van der Waals surface area contributed by atoms with E-state index in [4.69, 9.17) is 4.74 Å². The molecule has 12 heavy (non-hydrogen) atoms. The van der Waals surface area contributed by atoms with Gasteiger partial charge in [0, 0.05) is 17.2 Å². The molecule has 0 radical (unpaired) electrons. The molecule has 0 aliphatic heterocycles. The second-order valence-electron chi connectivity index (χ2n) is 2.42. The van der Waals surface area contributed by atoms with Gasteiger partial charge in [-0.3, -0.25) is 0 Å². The van der Waals surface area contributed by atoms with Crippen molar-refractivity contribution in [2.75, 3.05) is 6.61 Å². The maximum atomic E-state index is 10.9. The van der Waals surface area contributed by atoms with Crippen molar-refractivity contribution in [3.8, 4) is 0 Å². The molecule has 0 saturated heterocycles. The highest BCUT2D eigenvalue weighted by atomic mass is 16.5. The number of carbonyl (C=O) groups is 1. The molecule has 0 amide bonds. The zero-order valence-electron chi connectivity index (χ0n) is 6.81. The van der Waals surface area contributed by atoms with Gasteiger partial charge in [-0.15, -0.1) is 0 Å². The van der Waals surface area contributed by atoms with Crippen molar-refractivity contribution < 1.29 is 9.53 Å². The zero-order valence-corrected chi connectivity index (χ0v) is 6.81. The lowest BCUT2D eigenvalue weighted by atomic mass is 10.3. The van der Waals surface area contributed by atoms with Gasteiger partial charge in [-0.2, -0.15) is 0 Å². The van der Waals surface area contributed by atoms with E-state index in [2.05, 4.69) is 23.8 Å². The van der Waals surface area contributed by atoms with Gasteiger partial charge in [0.1, 0.15) is 6.61 Å². The molecule has 1 aliphatic rings. The van der Waals surface area contributed by atoms with Crippen LogP contribution in [0.15, 0.2) is 41.0 Å². The Kier molecular flexibility index (Phi) is 2.53. The summed E-state index contributed by atoms with van der Waals surface area (Å²) in [5, 5.41) is 0. The van der Waals surface area contributed by atoms with Crippen LogP contribution in [0.2, 0.25) is 0 Å². The van der Waals surface area contributed by atoms with E-state index in [0.717, 1.165) is 5.57 Å². The summed E-state index contributed by atoms with van der Waals surface area (Å²) < 4.78 is 4.84. The minimum absolute atomic E-state index is 0.214. The summed E-state index contributed by atoms with van der Waals surface area (Å²) in [6.45, 7) is 5.28. The van der Waals surface area contributed by atoms with Crippen LogP contribution in [0.5, 0.6) is 0 Å². The summed E-state index contributed by atoms with van der Waals surface area (Å²) in [5.74, 6) is -0.385. The van der Waals surface area contributed by atoms with Gasteiger partial charge in [-0.25, -0.2) is 4.79 Å². The monoisotopic (exact) mass is 160 g/mol. The molecule has 0 aromatic carbocycles. The van der Waals surface area contributed by atoms with E-state index in [1.54, 1.807) is 13.0 Å². The molecule has 1 aliphatic carbocycles. The van der Waals surface area contributed by atoms with Crippen LogP contribution >= 0.6 is 0 Å². The molecule has 0 saturated carbocycles. The van der Waals surface area contributed by atoms with Crippen LogP contribution < -0.4 is 0 Å². The van der Waals surface area contributed by atoms with Gasteiger partial charge in [-0.05, 0) is 12.7 Å². The Morgan fingerprint density at radius 3 is 3.00 bits per heavy atom. The summed E-state index contributed by atoms with van der Waals surface area (Å²) in [6.07, 6.45) is 1.67. The Labute approximate surface area is 70.8 Å². The lowest BCUT2D eigenvalue weighted by molar-refractivity contribution is -0.137. The molecule has 1 rings (SSSR count). The third kappa shape index (κ3) is 2.16. The maximum absolute atomic E-state index is 10.9. The standard InChI is InChI=1S/C10H8O2/c1-8(2)10(11)12-7-9-5-3-4-6-9/h5H,1,7H2,2H3. The summed E-state index contributed by atoms with van der Waals surface area (Å²) >= 11 is 0. The first-order valence-electron chi connectivity index (χ1n) is 3.48. The predicted octanol–water partition coefficient (Wildman–Crippen LogP) is 1.51. The van der Waals surface area contributed by atoms with Gasteiger partial charge in [-0.1, -0.05) is 18.0 Å². The van der Waals surface area contributed by atoms with Crippen LogP contribution in [0.4, 0.5) is 0 Å². The van der Waals surface area contributed by atoms with Crippen molar-refractivity contribution in [2.24, 2.45) is 0 Å². The third-order valence-corrected chi connectivity index (χ3v) is 1.25. The molecular weight excluding hydrogens is 152 g/mol. The molecule has 2 heteroatoms. The summed E-state index contributed by atoms with van der Waals surface area (Å²) in [5.41, 5.74) is 9.22. The molecule has 0 spiro atoms. The Balaban J connectivity index is 2.38. The first-order valence-corrected chi connectivity index (χ1v) is 3.48. The molecule has 0 aromatic rings. The number of hydrogen-bond acceptors (Lipinski definition) is 2. The SMILES string of the molecule is C=C(C)C(=O)OCC1=C=C=C=C1. The number of carbonyl (C=O) groups excluding carboxylic acids is 1. The van der Waals surface area contributed by atoms with E-state index >= 15 is 0 Å². The smallest absolute Gasteiger partial charge is 0.333 e. The van der Waals surface area contributed by atoms with E-state index in [1.807, 2.05) is 0 Å². The van der Waals surface area contributed by atoms with Gasteiger partial charge in [0.15, 0.2) is 0 Å². The van der Waals surface area contributed by atoms with Crippen molar-refractivity contribution in [1.82, 2.24) is 0 Å². The average Bonchev–Trinajstić information content (AvgIpc) is 2.51. The highest BCUT2D eigenvalue weighted by Crippen LogP contribution is 2.00. The number of rotatable bonds is 3. The predicted molar refractivity (Wildman–Crippen MR) is 44.4 cm³/mol. The summed E-state index contributed by atoms with van der Waals surface area (Å²) in [7, 11) is 0. The molecule has 0 fully saturated rings. The third-order valence-electron chi connectivity index (χ3n) is 1.25. The van der Waals surface area contributed by atoms with Crippen LogP contribution in [-0.2, 0) is 9.53 Å². The molecule has 0 atom stereocenters. The van der Waals surface area contributed by atoms with Gasteiger partial charge < -0.3 is 4.74 Å². The Morgan fingerprint density at radius 1 is 1.75 bits per heavy atom. The van der Waals surface area contributed by atoms with Crippen LogP contribution in [0, 0.1) is 0 Å². The normalized spacial score (nSPS) is 11.6. The first kappa shape index (κ1) is 8.39. The van der Waals surface area contributed by atoms with Crippen molar-refractivity contribution in [1.29, 1.82) is 0 Å². The van der Waals surface area contributed by atoms with Crippen molar-refractivity contribution in [3.63, 3.8) is 0 Å². The summed E-state index contributed by atoms with van der Waals surface area (Å²) in [4.78, 5) is 10.9. The quantitative estimate of drug-likeness (QED) is 0.355. The van der Waals surface area contributed by atoms with Crippen LogP contribution in [-0.4, -0.2) is 12.6 Å². The van der Waals surface area contributed by atoms with Crippen molar-refractivity contribution in [2.45, 2.75) is 6.92 Å².